The second-order valence-corrected chi connectivity index (χ2v) is 3.82. The third kappa shape index (κ3) is 2.23. The van der Waals surface area contributed by atoms with Gasteiger partial charge in [0.05, 0.1) is 5.60 Å². The molecule has 0 unspecified atom stereocenters. The number of aromatic nitrogens is 2. The van der Waals surface area contributed by atoms with Crippen LogP contribution in [0.15, 0.2) is 12.4 Å². The second-order valence-electron chi connectivity index (χ2n) is 3.82. The molecule has 15 heavy (non-hydrogen) atoms. The fraction of sp³-hybridized carbons (Fsp3) is 0.600. The first-order valence-electron chi connectivity index (χ1n) is 5.01. The highest BCUT2D eigenvalue weighted by molar-refractivity contribution is 5.33. The highest BCUT2D eigenvalue weighted by Crippen LogP contribution is 2.34. The van der Waals surface area contributed by atoms with Gasteiger partial charge < -0.3 is 10.1 Å². The Hall–Kier alpha value is -1.23. The molecule has 82 valence electrons. The van der Waals surface area contributed by atoms with Crippen LogP contribution in [0.5, 0.6) is 0 Å². The number of nitrogens with zero attached hydrogens (tertiary/aromatic N) is 2. The number of methoxy groups -OCH3 is 1. The number of anilines is 1. The lowest BCUT2D eigenvalue weighted by molar-refractivity contribution is -0.0601. The highest BCUT2D eigenvalue weighted by atomic mass is 19.1. The average molecular weight is 211 g/mol. The summed E-state index contributed by atoms with van der Waals surface area (Å²) >= 11 is 0. The molecule has 0 amide bonds. The van der Waals surface area contributed by atoms with E-state index in [9.17, 15) is 4.39 Å². The van der Waals surface area contributed by atoms with Crippen LogP contribution in [0.3, 0.4) is 0 Å². The van der Waals surface area contributed by atoms with Gasteiger partial charge in [-0.3, -0.25) is 0 Å². The van der Waals surface area contributed by atoms with Crippen molar-refractivity contribution in [2.75, 3.05) is 19.0 Å². The molecule has 5 heteroatoms. The van der Waals surface area contributed by atoms with E-state index in [0.717, 1.165) is 12.8 Å². The van der Waals surface area contributed by atoms with Crippen LogP contribution in [0.1, 0.15) is 19.3 Å². The SMILES string of the molecule is COC1(CNc2cc(F)ncn2)CCC1. The Kier molecular flexibility index (Phi) is 2.81. The van der Waals surface area contributed by atoms with Gasteiger partial charge >= 0.3 is 0 Å². The highest BCUT2D eigenvalue weighted by Gasteiger charge is 2.36. The molecule has 1 N–H and O–H groups in total. The van der Waals surface area contributed by atoms with Gasteiger partial charge in [0.15, 0.2) is 0 Å². The van der Waals surface area contributed by atoms with Crippen LogP contribution in [0.4, 0.5) is 10.2 Å². The number of ether oxygens (including phenoxy) is 1. The van der Waals surface area contributed by atoms with Crippen molar-refractivity contribution < 1.29 is 9.13 Å². The zero-order valence-electron chi connectivity index (χ0n) is 8.66. The summed E-state index contributed by atoms with van der Waals surface area (Å²) in [6.45, 7) is 0.667. The van der Waals surface area contributed by atoms with Gasteiger partial charge in [-0.05, 0) is 19.3 Å². The first kappa shape index (κ1) is 10.3. The molecule has 1 aromatic heterocycles. The summed E-state index contributed by atoms with van der Waals surface area (Å²) in [4.78, 5) is 7.31. The van der Waals surface area contributed by atoms with Crippen molar-refractivity contribution >= 4 is 5.82 Å². The van der Waals surface area contributed by atoms with Crippen molar-refractivity contribution in [3.05, 3.63) is 18.3 Å². The number of hydrogen-bond acceptors (Lipinski definition) is 4. The van der Waals surface area contributed by atoms with E-state index in [1.165, 1.54) is 18.8 Å². The molecule has 0 radical (unpaired) electrons. The lowest BCUT2D eigenvalue weighted by Gasteiger charge is -2.40. The third-order valence-electron chi connectivity index (χ3n) is 2.92. The molecular formula is C10H14FN3O. The molecule has 0 aliphatic heterocycles. The third-order valence-corrected chi connectivity index (χ3v) is 2.92. The largest absolute Gasteiger partial charge is 0.376 e. The maximum atomic E-state index is 12.7. The summed E-state index contributed by atoms with van der Waals surface area (Å²) in [7, 11) is 1.71. The molecule has 1 heterocycles. The lowest BCUT2D eigenvalue weighted by Crippen LogP contribution is -2.45. The van der Waals surface area contributed by atoms with Gasteiger partial charge in [-0.15, -0.1) is 0 Å². The maximum absolute atomic E-state index is 12.7. The zero-order valence-corrected chi connectivity index (χ0v) is 8.66. The molecule has 4 nitrogen and oxygen atoms in total. The van der Waals surface area contributed by atoms with Gasteiger partial charge in [0.2, 0.25) is 5.95 Å². The summed E-state index contributed by atoms with van der Waals surface area (Å²) in [6.07, 6.45) is 4.49. The fourth-order valence-corrected chi connectivity index (χ4v) is 1.71. The van der Waals surface area contributed by atoms with Crippen molar-refractivity contribution in [3.63, 3.8) is 0 Å². The molecule has 0 saturated heterocycles. The van der Waals surface area contributed by atoms with Crippen molar-refractivity contribution in [3.8, 4) is 0 Å². The summed E-state index contributed by atoms with van der Waals surface area (Å²) in [6, 6.07) is 1.28. The molecule has 0 atom stereocenters. The van der Waals surface area contributed by atoms with Crippen molar-refractivity contribution in [1.82, 2.24) is 9.97 Å². The van der Waals surface area contributed by atoms with E-state index in [1.54, 1.807) is 7.11 Å². The molecule has 1 fully saturated rings. The van der Waals surface area contributed by atoms with Gasteiger partial charge in [-0.1, -0.05) is 0 Å². The maximum Gasteiger partial charge on any atom is 0.217 e. The van der Waals surface area contributed by atoms with Crippen LogP contribution in [-0.4, -0.2) is 29.2 Å². The van der Waals surface area contributed by atoms with Crippen LogP contribution in [-0.2, 0) is 4.74 Å². The Morgan fingerprint density at radius 1 is 1.53 bits per heavy atom. The topological polar surface area (TPSA) is 47.0 Å². The minimum absolute atomic E-state index is 0.0819. The van der Waals surface area contributed by atoms with E-state index in [4.69, 9.17) is 4.74 Å². The first-order valence-corrected chi connectivity index (χ1v) is 5.01. The van der Waals surface area contributed by atoms with Crippen molar-refractivity contribution in [2.24, 2.45) is 0 Å². The van der Waals surface area contributed by atoms with Gasteiger partial charge in [0.1, 0.15) is 12.1 Å². The Morgan fingerprint density at radius 2 is 2.33 bits per heavy atom. The van der Waals surface area contributed by atoms with E-state index >= 15 is 0 Å². The Morgan fingerprint density at radius 3 is 2.87 bits per heavy atom. The molecule has 1 saturated carbocycles. The van der Waals surface area contributed by atoms with Crippen molar-refractivity contribution in [1.29, 1.82) is 0 Å². The summed E-state index contributed by atoms with van der Waals surface area (Å²) in [5.41, 5.74) is -0.0819. The van der Waals surface area contributed by atoms with Crippen LogP contribution < -0.4 is 5.32 Å². The number of nitrogens with one attached hydrogen (secondary N) is 1. The minimum atomic E-state index is -0.521. The summed E-state index contributed by atoms with van der Waals surface area (Å²) in [5, 5.41) is 3.06. The standard InChI is InChI=1S/C10H14FN3O/c1-15-10(3-2-4-10)6-12-9-5-8(11)13-7-14-9/h5,7H,2-4,6H2,1H3,(H,12,13,14). The fourth-order valence-electron chi connectivity index (χ4n) is 1.71. The smallest absolute Gasteiger partial charge is 0.217 e. The molecule has 2 rings (SSSR count). The lowest BCUT2D eigenvalue weighted by atomic mass is 9.80. The van der Waals surface area contributed by atoms with Crippen LogP contribution in [0, 0.1) is 5.95 Å². The Bertz CT molecular complexity index is 336. The number of rotatable bonds is 4. The molecule has 1 aliphatic carbocycles. The molecule has 0 bridgehead atoms. The normalized spacial score (nSPS) is 18.3. The Labute approximate surface area is 87.9 Å². The summed E-state index contributed by atoms with van der Waals surface area (Å²) < 4.78 is 18.2. The van der Waals surface area contributed by atoms with E-state index in [1.807, 2.05) is 0 Å². The number of hydrogen-bond donors (Lipinski definition) is 1. The van der Waals surface area contributed by atoms with E-state index in [0.29, 0.717) is 12.4 Å². The van der Waals surface area contributed by atoms with Crippen LogP contribution in [0.2, 0.25) is 0 Å². The Balaban J connectivity index is 1.92. The molecular weight excluding hydrogens is 197 g/mol. The molecule has 1 aromatic rings. The van der Waals surface area contributed by atoms with E-state index in [2.05, 4.69) is 15.3 Å². The molecule has 1 aliphatic rings. The predicted molar refractivity (Wildman–Crippen MR) is 54.1 cm³/mol. The van der Waals surface area contributed by atoms with Gasteiger partial charge in [0.25, 0.3) is 0 Å². The number of halogens is 1. The molecule has 0 spiro atoms. The van der Waals surface area contributed by atoms with Gasteiger partial charge in [-0.2, -0.15) is 4.39 Å². The monoisotopic (exact) mass is 211 g/mol. The van der Waals surface area contributed by atoms with Crippen molar-refractivity contribution in [2.45, 2.75) is 24.9 Å². The zero-order chi connectivity index (χ0) is 10.7. The van der Waals surface area contributed by atoms with E-state index in [-0.39, 0.29) is 5.60 Å². The quantitative estimate of drug-likeness (QED) is 0.768. The minimum Gasteiger partial charge on any atom is -0.376 e. The van der Waals surface area contributed by atoms with Crippen LogP contribution >= 0.6 is 0 Å². The van der Waals surface area contributed by atoms with Crippen LogP contribution in [0.25, 0.3) is 0 Å². The summed E-state index contributed by atoms with van der Waals surface area (Å²) in [5.74, 6) is -0.0154. The van der Waals surface area contributed by atoms with Gasteiger partial charge in [-0.25, -0.2) is 9.97 Å². The second kappa shape index (κ2) is 4.10. The van der Waals surface area contributed by atoms with E-state index < -0.39 is 5.95 Å². The molecule has 0 aromatic carbocycles. The average Bonchev–Trinajstić information content (AvgIpc) is 2.17. The van der Waals surface area contributed by atoms with Gasteiger partial charge in [0, 0.05) is 19.7 Å². The predicted octanol–water partition coefficient (Wildman–Crippen LogP) is 1.60. The first-order chi connectivity index (χ1) is 7.24.